The number of carbonyl (C=O) groups excluding carboxylic acids is 2. The Kier molecular flexibility index (Phi) is 17.6. The van der Waals surface area contributed by atoms with E-state index in [0.29, 0.717) is 50.7 Å². The number of ether oxygens (including phenoxy) is 16. The minimum absolute atomic E-state index is 0.0750. The van der Waals surface area contributed by atoms with Crippen LogP contribution in [0.15, 0.2) is 24.3 Å². The smallest absolute Gasteiger partial charge is 0.261 e. The predicted octanol–water partition coefficient (Wildman–Crippen LogP) is 3.87. The molecule has 0 aromatic heterocycles. The molecule has 9 aliphatic heterocycles. The van der Waals surface area contributed by atoms with Crippen LogP contribution in [-0.2, 0) is 75.8 Å². The van der Waals surface area contributed by atoms with Crippen LogP contribution in [0.3, 0.4) is 0 Å². The van der Waals surface area contributed by atoms with Crippen molar-refractivity contribution in [3.8, 4) is 0 Å². The lowest BCUT2D eigenvalue weighted by atomic mass is 10.1. The number of hydrogen-bond acceptors (Lipinski definition) is 21. The third-order valence-corrected chi connectivity index (χ3v) is 13.3. The standard InChI is InChI=1S/C19H23NO6.C11H21NO4.2C11H20O5/c1-18(2)23-10-14(25-18)15-13(24-19(3,4)26-15)9-20-16(21)11-7-5-6-8-12(11)17(20)22;1-10(2)13-6-8(15-10)9-7(5-12)14-11(3,4)16-9;1-10(2)13-5-7(15-10)9(12)8-6-14-11(3,4)16-8;1-10(2)13-6-8(15-10)9-7(5-12)14-11(3,4)16-9/h5-8,13-15H,9-10H2,1-4H3;7-9H,5-6,12H2,1-4H3;2*7-9,12H,5-6H2,1-4H3. The summed E-state index contributed by atoms with van der Waals surface area (Å²) in [7, 11) is 0. The summed E-state index contributed by atoms with van der Waals surface area (Å²) >= 11 is 0. The van der Waals surface area contributed by atoms with Crippen LogP contribution in [-0.4, -0.2) is 199 Å². The second-order valence-electron chi connectivity index (χ2n) is 23.4. The van der Waals surface area contributed by atoms with Crippen molar-refractivity contribution in [2.45, 2.75) is 230 Å². The summed E-state index contributed by atoms with van der Waals surface area (Å²) < 4.78 is 90.9. The number of carbonyl (C=O) groups is 2. The van der Waals surface area contributed by atoms with E-state index in [0.717, 1.165) is 0 Å². The van der Waals surface area contributed by atoms with Crippen LogP contribution >= 0.6 is 0 Å². The maximum atomic E-state index is 12.6. The van der Waals surface area contributed by atoms with Crippen LogP contribution in [0.5, 0.6) is 0 Å². The minimum atomic E-state index is -0.829. The molecule has 1 aromatic rings. The normalized spacial score (nSPS) is 37.7. The zero-order chi connectivity index (χ0) is 54.6. The molecule has 4 N–H and O–H groups in total. The average molecular weight is 1060 g/mol. The van der Waals surface area contributed by atoms with Crippen molar-refractivity contribution >= 4 is 11.8 Å². The fourth-order valence-corrected chi connectivity index (χ4v) is 10.2. The zero-order valence-electron chi connectivity index (χ0n) is 46.2. The molecule has 0 aliphatic carbocycles. The van der Waals surface area contributed by atoms with Crippen molar-refractivity contribution < 1.29 is 95.6 Å². The van der Waals surface area contributed by atoms with E-state index in [1.807, 2.05) is 111 Å². The summed E-state index contributed by atoms with van der Waals surface area (Å²) in [5, 5.41) is 19.4. The molecule has 11 unspecified atom stereocenters. The van der Waals surface area contributed by atoms with E-state index >= 15 is 0 Å². The number of fused-ring (bicyclic) bond motifs is 1. The van der Waals surface area contributed by atoms with Gasteiger partial charge in [-0.2, -0.15) is 0 Å². The van der Waals surface area contributed by atoms with E-state index in [1.54, 1.807) is 24.3 Å². The van der Waals surface area contributed by atoms with Gasteiger partial charge < -0.3 is 91.7 Å². The number of nitrogens with zero attached hydrogens (tertiary/aromatic N) is 1. The molecule has 1 aromatic carbocycles. The average Bonchev–Trinajstić information content (AvgIpc) is 4.20. The van der Waals surface area contributed by atoms with Crippen molar-refractivity contribution in [1.82, 2.24) is 4.90 Å². The molecule has 11 atom stereocenters. The van der Waals surface area contributed by atoms with Gasteiger partial charge in [0.05, 0.1) is 57.3 Å². The molecule has 22 heteroatoms. The first-order chi connectivity index (χ1) is 34.1. The van der Waals surface area contributed by atoms with Crippen LogP contribution < -0.4 is 5.73 Å². The largest absolute Gasteiger partial charge is 0.394 e. The molecule has 2 amide bonds. The lowest BCUT2D eigenvalue weighted by Crippen LogP contribution is -2.45. The van der Waals surface area contributed by atoms with Gasteiger partial charge in [0.25, 0.3) is 11.8 Å². The highest BCUT2D eigenvalue weighted by Gasteiger charge is 2.54. The maximum absolute atomic E-state index is 12.6. The van der Waals surface area contributed by atoms with E-state index in [4.69, 9.17) is 81.5 Å². The van der Waals surface area contributed by atoms with Crippen molar-refractivity contribution in [3.05, 3.63) is 35.4 Å². The van der Waals surface area contributed by atoms with Crippen LogP contribution in [0.2, 0.25) is 0 Å². The monoisotopic (exact) mass is 1060 g/mol. The van der Waals surface area contributed by atoms with Crippen LogP contribution in [0.1, 0.15) is 131 Å². The topological polar surface area (TPSA) is 252 Å². The summed E-state index contributed by atoms with van der Waals surface area (Å²) in [5.74, 6) is -5.77. The van der Waals surface area contributed by atoms with Gasteiger partial charge in [0.1, 0.15) is 73.2 Å². The number of benzene rings is 1. The lowest BCUT2D eigenvalue weighted by Gasteiger charge is -2.25. The molecule has 422 valence electrons. The third-order valence-electron chi connectivity index (χ3n) is 13.3. The minimum Gasteiger partial charge on any atom is -0.394 e. The zero-order valence-corrected chi connectivity index (χ0v) is 46.2. The first-order valence-electron chi connectivity index (χ1n) is 25.7. The van der Waals surface area contributed by atoms with Crippen molar-refractivity contribution in [2.75, 3.05) is 52.7 Å². The molecule has 0 radical (unpaired) electrons. The van der Waals surface area contributed by atoms with Gasteiger partial charge in [0.15, 0.2) is 46.3 Å². The first-order valence-corrected chi connectivity index (χ1v) is 25.7. The number of aliphatic hydroxyl groups is 2. The van der Waals surface area contributed by atoms with Gasteiger partial charge in [-0.3, -0.25) is 14.5 Å². The van der Waals surface area contributed by atoms with Crippen molar-refractivity contribution in [2.24, 2.45) is 5.73 Å². The second-order valence-corrected chi connectivity index (χ2v) is 23.4. The molecular formula is C52H84N2O20. The number of amides is 2. The second kappa shape index (κ2) is 22.0. The maximum Gasteiger partial charge on any atom is 0.261 e. The van der Waals surface area contributed by atoms with Gasteiger partial charge >= 0.3 is 0 Å². The van der Waals surface area contributed by atoms with Crippen molar-refractivity contribution in [1.29, 1.82) is 0 Å². The Bertz CT molecular complexity index is 1980. The van der Waals surface area contributed by atoms with E-state index in [9.17, 15) is 19.8 Å². The fourth-order valence-electron chi connectivity index (χ4n) is 10.2. The number of hydrogen-bond donors (Lipinski definition) is 3. The Morgan fingerprint density at radius 1 is 0.473 bits per heavy atom. The molecule has 74 heavy (non-hydrogen) atoms. The van der Waals surface area contributed by atoms with Gasteiger partial charge in [-0.05, 0) is 123 Å². The third kappa shape index (κ3) is 14.6. The Labute approximate surface area is 435 Å². The quantitative estimate of drug-likeness (QED) is 0.297. The predicted molar refractivity (Wildman–Crippen MR) is 260 cm³/mol. The van der Waals surface area contributed by atoms with E-state index in [1.165, 1.54) is 4.90 Å². The number of nitrogens with two attached hydrogens (primary N) is 1. The van der Waals surface area contributed by atoms with Crippen molar-refractivity contribution in [3.63, 3.8) is 0 Å². The van der Waals surface area contributed by atoms with E-state index in [-0.39, 0.29) is 79.9 Å². The van der Waals surface area contributed by atoms with Gasteiger partial charge in [-0.1, -0.05) is 12.1 Å². The SMILES string of the molecule is CC1(C)OCC(C(O)C2COC(C)(C)O2)O1.CC1(C)OCC(C2OC(C)(C)OC2CN)O1.CC1(C)OCC(C2OC(C)(C)OC2CN2C(=O)c3ccccc3C2=O)O1.CC1(C)OCC(C2OC(C)(C)OC2CO)O1. The van der Waals surface area contributed by atoms with Crippen LogP contribution in [0.25, 0.3) is 0 Å². The summed E-state index contributed by atoms with van der Waals surface area (Å²) in [6.45, 7) is 32.1. The van der Waals surface area contributed by atoms with E-state index in [2.05, 4.69) is 0 Å². The molecule has 9 aliphatic rings. The molecular weight excluding hydrogens is 973 g/mol. The van der Waals surface area contributed by atoms with Gasteiger partial charge in [0, 0.05) is 6.54 Å². The highest BCUT2D eigenvalue weighted by atomic mass is 16.8. The fraction of sp³-hybridized carbons (Fsp3) is 0.846. The number of imide groups is 1. The lowest BCUT2D eigenvalue weighted by molar-refractivity contribution is -0.178. The van der Waals surface area contributed by atoms with Crippen LogP contribution in [0.4, 0.5) is 0 Å². The molecule has 8 fully saturated rings. The highest BCUT2D eigenvalue weighted by molar-refractivity contribution is 6.21. The number of aliphatic hydroxyl groups excluding tert-OH is 2. The Balaban J connectivity index is 0.000000148. The molecule has 8 saturated heterocycles. The highest BCUT2D eigenvalue weighted by Crippen LogP contribution is 2.39. The Morgan fingerprint density at radius 2 is 0.797 bits per heavy atom. The Hall–Kier alpha value is -2.40. The first kappa shape index (κ1) is 59.3. The number of rotatable bonds is 9. The van der Waals surface area contributed by atoms with E-state index < -0.39 is 64.6 Å². The Morgan fingerprint density at radius 3 is 1.12 bits per heavy atom. The molecule has 0 spiro atoms. The summed E-state index contributed by atoms with van der Waals surface area (Å²) in [4.78, 5) is 26.5. The molecule has 10 rings (SSSR count). The van der Waals surface area contributed by atoms with Gasteiger partial charge in [-0.25, -0.2) is 0 Å². The molecule has 9 heterocycles. The summed E-state index contributed by atoms with van der Waals surface area (Å²) in [5.41, 5.74) is 6.53. The van der Waals surface area contributed by atoms with Crippen LogP contribution in [0, 0.1) is 0 Å². The summed E-state index contributed by atoms with van der Waals surface area (Å²) in [6, 6.07) is 6.83. The van der Waals surface area contributed by atoms with Gasteiger partial charge in [0.2, 0.25) is 0 Å². The molecule has 22 nitrogen and oxygen atoms in total. The molecule has 0 bridgehead atoms. The van der Waals surface area contributed by atoms with Gasteiger partial charge in [-0.15, -0.1) is 0 Å². The summed E-state index contributed by atoms with van der Waals surface area (Å²) in [6.07, 6.45) is -3.87. The molecule has 0 saturated carbocycles.